The third kappa shape index (κ3) is 2.09. The van der Waals surface area contributed by atoms with E-state index in [2.05, 4.69) is 0 Å². The van der Waals surface area contributed by atoms with E-state index in [9.17, 15) is 4.79 Å². The Bertz CT molecular complexity index is 706. The summed E-state index contributed by atoms with van der Waals surface area (Å²) in [5.74, 6) is 2.15. The largest absolute Gasteiger partial charge is 0.445 e. The van der Waals surface area contributed by atoms with Gasteiger partial charge in [-0.05, 0) is 41.1 Å². The summed E-state index contributed by atoms with van der Waals surface area (Å²) in [5, 5.41) is 0. The van der Waals surface area contributed by atoms with Gasteiger partial charge < -0.3 is 9.64 Å². The van der Waals surface area contributed by atoms with Crippen LogP contribution in [0.3, 0.4) is 0 Å². The molecule has 5 aliphatic carbocycles. The van der Waals surface area contributed by atoms with E-state index >= 15 is 0 Å². The van der Waals surface area contributed by atoms with Gasteiger partial charge in [-0.25, -0.2) is 4.79 Å². The van der Waals surface area contributed by atoms with E-state index in [1.807, 2.05) is 35.2 Å². The number of rotatable bonds is 2. The Labute approximate surface area is 176 Å². The van der Waals surface area contributed by atoms with Crippen LogP contribution in [0.25, 0.3) is 0 Å². The number of carbonyl (C=O) groups is 1. The predicted molar refractivity (Wildman–Crippen MR) is 90.2 cm³/mol. The van der Waals surface area contributed by atoms with Crippen molar-refractivity contribution < 1.29 is 43.1 Å². The molecule has 3 spiro atoms. The van der Waals surface area contributed by atoms with Crippen molar-refractivity contribution in [3.63, 3.8) is 0 Å². The van der Waals surface area contributed by atoms with Gasteiger partial charge in [0.25, 0.3) is 0 Å². The van der Waals surface area contributed by atoms with E-state index in [1.54, 1.807) is 0 Å². The van der Waals surface area contributed by atoms with Gasteiger partial charge in [-0.1, -0.05) is 56.0 Å². The Balaban J connectivity index is 0.000000841. The molecule has 144 valence electrons. The van der Waals surface area contributed by atoms with E-state index in [1.165, 1.54) is 38.5 Å². The molecular formula is C21H25Co2NO2. The van der Waals surface area contributed by atoms with Crippen LogP contribution in [0.4, 0.5) is 4.79 Å². The molecule has 6 fully saturated rings. The van der Waals surface area contributed by atoms with Gasteiger partial charge in [0.2, 0.25) is 0 Å². The van der Waals surface area contributed by atoms with Crippen molar-refractivity contribution in [3.8, 4) is 0 Å². The van der Waals surface area contributed by atoms with Crippen molar-refractivity contribution in [1.29, 1.82) is 0 Å². The smallest absolute Gasteiger partial charge is 0.410 e. The summed E-state index contributed by atoms with van der Waals surface area (Å²) in [6.07, 6.45) is 8.37. The molecule has 2 radical (unpaired) electrons. The molecule has 0 N–H and O–H groups in total. The zero-order valence-corrected chi connectivity index (χ0v) is 16.9. The van der Waals surface area contributed by atoms with Crippen LogP contribution in [0.1, 0.15) is 44.1 Å². The molecule has 1 heterocycles. The minimum atomic E-state index is -0.109. The van der Waals surface area contributed by atoms with Gasteiger partial charge in [0.05, 0.1) is 0 Å². The number of hydrogen-bond acceptors (Lipinski definition) is 2. The Morgan fingerprint density at radius 1 is 1.00 bits per heavy atom. The number of hydrogen-bond donors (Lipinski definition) is 0. The number of ether oxygens (including phenoxy) is 1. The van der Waals surface area contributed by atoms with Gasteiger partial charge in [0.15, 0.2) is 0 Å². The van der Waals surface area contributed by atoms with Crippen LogP contribution < -0.4 is 0 Å². The van der Waals surface area contributed by atoms with Crippen LogP contribution in [-0.4, -0.2) is 24.1 Å². The summed E-state index contributed by atoms with van der Waals surface area (Å²) in [7, 11) is 0. The maximum Gasteiger partial charge on any atom is 0.410 e. The molecule has 5 saturated carbocycles. The van der Waals surface area contributed by atoms with Crippen molar-refractivity contribution in [1.82, 2.24) is 4.90 Å². The van der Waals surface area contributed by atoms with Crippen LogP contribution in [0.15, 0.2) is 30.3 Å². The van der Waals surface area contributed by atoms with Gasteiger partial charge in [0.1, 0.15) is 6.61 Å². The van der Waals surface area contributed by atoms with Crippen molar-refractivity contribution in [2.45, 2.75) is 45.1 Å². The Morgan fingerprint density at radius 2 is 1.65 bits per heavy atom. The Kier molecular flexibility index (Phi) is 4.35. The molecule has 1 aromatic rings. The minimum absolute atomic E-state index is 0. The van der Waals surface area contributed by atoms with Gasteiger partial charge in [-0.15, -0.1) is 0 Å². The van der Waals surface area contributed by atoms with Crippen LogP contribution >= 0.6 is 0 Å². The topological polar surface area (TPSA) is 29.5 Å². The third-order valence-electron chi connectivity index (χ3n) is 8.13. The van der Waals surface area contributed by atoms with Gasteiger partial charge in [-0.3, -0.25) is 0 Å². The number of benzene rings is 1. The second-order valence-electron chi connectivity index (χ2n) is 8.96. The van der Waals surface area contributed by atoms with E-state index in [-0.39, 0.29) is 39.7 Å². The fourth-order valence-electron chi connectivity index (χ4n) is 6.93. The molecule has 3 nitrogen and oxygen atoms in total. The first-order chi connectivity index (χ1) is 11.8. The van der Waals surface area contributed by atoms with Crippen molar-refractivity contribution in [2.24, 2.45) is 28.1 Å². The van der Waals surface area contributed by atoms with E-state index in [0.29, 0.717) is 17.4 Å². The first-order valence-electron chi connectivity index (χ1n) is 9.72. The molecule has 1 aliphatic heterocycles. The first kappa shape index (κ1) is 18.8. The molecule has 26 heavy (non-hydrogen) atoms. The molecule has 2 unspecified atom stereocenters. The first-order valence-corrected chi connectivity index (χ1v) is 9.72. The fourth-order valence-corrected chi connectivity index (χ4v) is 6.93. The zero-order valence-electron chi connectivity index (χ0n) is 14.8. The van der Waals surface area contributed by atoms with Crippen LogP contribution in [0.2, 0.25) is 0 Å². The molecule has 7 rings (SSSR count). The average Bonchev–Trinajstić information content (AvgIpc) is 3.46. The molecular weight excluding hydrogens is 416 g/mol. The minimum Gasteiger partial charge on any atom is -0.445 e. The van der Waals surface area contributed by atoms with Crippen LogP contribution in [0, 0.1) is 28.1 Å². The van der Waals surface area contributed by atoms with Gasteiger partial charge in [0, 0.05) is 52.1 Å². The predicted octanol–water partition coefficient (Wildman–Crippen LogP) is 4.22. The number of carbonyl (C=O) groups excluding carboxylic acids is 1. The SMILES string of the molecule is O=C(OCc1ccccc1)N1CC2(CCCCCCC34C5C3C524)C1.[Co].[Co]. The molecule has 0 bridgehead atoms. The maximum atomic E-state index is 12.4. The second kappa shape index (κ2) is 6.00. The monoisotopic (exact) mass is 441 g/mol. The molecule has 1 saturated heterocycles. The van der Waals surface area contributed by atoms with E-state index < -0.39 is 0 Å². The van der Waals surface area contributed by atoms with Gasteiger partial charge >= 0.3 is 6.09 Å². The summed E-state index contributed by atoms with van der Waals surface area (Å²) in [6.45, 7) is 2.33. The summed E-state index contributed by atoms with van der Waals surface area (Å²) >= 11 is 0. The summed E-state index contributed by atoms with van der Waals surface area (Å²) in [6, 6.07) is 9.98. The Morgan fingerprint density at radius 3 is 2.35 bits per heavy atom. The fraction of sp³-hybridized carbons (Fsp3) is 0.667. The third-order valence-corrected chi connectivity index (χ3v) is 8.13. The molecule has 1 aromatic carbocycles. The molecule has 5 heteroatoms. The van der Waals surface area contributed by atoms with Gasteiger partial charge in [-0.2, -0.15) is 0 Å². The van der Waals surface area contributed by atoms with Crippen LogP contribution in [-0.2, 0) is 44.9 Å². The molecule has 0 aromatic heterocycles. The quantitative estimate of drug-likeness (QED) is 0.688. The number of likely N-dealkylation sites (tertiary alicyclic amines) is 1. The number of nitrogens with zero attached hydrogens (tertiary/aromatic N) is 1. The standard InChI is InChI=1S/C21H25NO2.2Co/c23-18(24-12-15-8-4-3-5-9-15)22-13-19(14-22)10-6-1-2-7-11-20-16-17(20)21(16,19)20;;/h3-5,8-9,16-17H,1-2,6-7,10-14H2;;. The summed E-state index contributed by atoms with van der Waals surface area (Å²) in [4.78, 5) is 14.4. The second-order valence-corrected chi connectivity index (χ2v) is 8.96. The van der Waals surface area contributed by atoms with E-state index in [4.69, 9.17) is 4.74 Å². The average molecular weight is 441 g/mol. The molecule has 1 amide bonds. The molecule has 2 atom stereocenters. The van der Waals surface area contributed by atoms with Crippen molar-refractivity contribution >= 4 is 6.09 Å². The molecule has 6 aliphatic rings. The normalized spacial score (nSPS) is 39.3. The summed E-state index contributed by atoms with van der Waals surface area (Å²) in [5.41, 5.74) is 3.03. The maximum absolute atomic E-state index is 12.4. The van der Waals surface area contributed by atoms with Crippen molar-refractivity contribution in [2.75, 3.05) is 13.1 Å². The summed E-state index contributed by atoms with van der Waals surface area (Å²) < 4.78 is 5.53. The Hall–Kier alpha value is -0.497. The van der Waals surface area contributed by atoms with Crippen molar-refractivity contribution in [3.05, 3.63) is 35.9 Å². The number of amides is 1. The van der Waals surface area contributed by atoms with E-state index in [0.717, 1.165) is 35.9 Å². The zero-order chi connectivity index (χ0) is 16.0. The van der Waals surface area contributed by atoms with Crippen LogP contribution in [0.5, 0.6) is 0 Å².